The lowest BCUT2D eigenvalue weighted by Crippen LogP contribution is -2.30. The van der Waals surface area contributed by atoms with Crippen molar-refractivity contribution in [1.82, 2.24) is 10.3 Å². The topological polar surface area (TPSA) is 28.2 Å². The van der Waals surface area contributed by atoms with Crippen LogP contribution in [0.4, 0.5) is 5.82 Å². The number of nitrogens with one attached hydrogen (secondary N) is 1. The highest BCUT2D eigenvalue weighted by atomic mass is 32.1. The SMILES string of the molecule is CCCNC(C)c1ccnc(N2CCc3sccc3C2)c1. The third-order valence-corrected chi connectivity index (χ3v) is 5.12. The number of pyridine rings is 1. The first-order valence-corrected chi connectivity index (χ1v) is 8.65. The first-order chi connectivity index (χ1) is 10.3. The lowest BCUT2D eigenvalue weighted by atomic mass is 10.1. The standard InChI is InChI=1S/C17H23N3S/c1-3-7-18-13(2)14-4-8-19-17(11-14)20-9-5-16-15(12-20)6-10-21-16/h4,6,8,10-11,13,18H,3,5,7,9,12H2,1-2H3. The van der Waals surface area contributed by atoms with Gasteiger partial charge in [0.2, 0.25) is 0 Å². The Bertz CT molecular complexity index is 593. The number of hydrogen-bond donors (Lipinski definition) is 1. The predicted molar refractivity (Wildman–Crippen MR) is 90.0 cm³/mol. The van der Waals surface area contributed by atoms with E-state index in [1.807, 2.05) is 17.5 Å². The van der Waals surface area contributed by atoms with E-state index in [1.165, 1.54) is 11.1 Å². The zero-order valence-electron chi connectivity index (χ0n) is 12.8. The van der Waals surface area contributed by atoms with Crippen molar-refractivity contribution in [2.45, 2.75) is 39.3 Å². The maximum atomic E-state index is 4.58. The number of hydrogen-bond acceptors (Lipinski definition) is 4. The number of anilines is 1. The normalized spacial score (nSPS) is 15.8. The third kappa shape index (κ3) is 3.27. The molecule has 3 heterocycles. The van der Waals surface area contributed by atoms with Crippen molar-refractivity contribution >= 4 is 17.2 Å². The van der Waals surface area contributed by atoms with Crippen molar-refractivity contribution in [3.63, 3.8) is 0 Å². The molecule has 2 aromatic heterocycles. The molecule has 0 amide bonds. The molecule has 1 aliphatic heterocycles. The smallest absolute Gasteiger partial charge is 0.129 e. The van der Waals surface area contributed by atoms with Crippen LogP contribution in [0.25, 0.3) is 0 Å². The quantitative estimate of drug-likeness (QED) is 0.911. The molecule has 1 unspecified atom stereocenters. The Morgan fingerprint density at radius 2 is 2.33 bits per heavy atom. The summed E-state index contributed by atoms with van der Waals surface area (Å²) in [6.07, 6.45) is 4.25. The van der Waals surface area contributed by atoms with Gasteiger partial charge in [-0.2, -0.15) is 0 Å². The van der Waals surface area contributed by atoms with Gasteiger partial charge in [0.05, 0.1) is 0 Å². The van der Waals surface area contributed by atoms with E-state index in [9.17, 15) is 0 Å². The van der Waals surface area contributed by atoms with Gasteiger partial charge in [-0.3, -0.25) is 0 Å². The summed E-state index contributed by atoms with van der Waals surface area (Å²) >= 11 is 1.88. The molecular weight excluding hydrogens is 278 g/mol. The Balaban J connectivity index is 1.74. The van der Waals surface area contributed by atoms with Crippen LogP contribution >= 0.6 is 11.3 Å². The fourth-order valence-corrected chi connectivity index (χ4v) is 3.69. The van der Waals surface area contributed by atoms with Crippen LogP contribution < -0.4 is 10.2 Å². The van der Waals surface area contributed by atoms with Crippen LogP contribution in [0.3, 0.4) is 0 Å². The molecule has 2 aromatic rings. The first kappa shape index (κ1) is 14.5. The fourth-order valence-electron chi connectivity index (χ4n) is 2.80. The van der Waals surface area contributed by atoms with Gasteiger partial charge in [-0.25, -0.2) is 4.98 Å². The van der Waals surface area contributed by atoms with Gasteiger partial charge in [-0.15, -0.1) is 11.3 Å². The molecule has 3 rings (SSSR count). The van der Waals surface area contributed by atoms with E-state index in [0.29, 0.717) is 6.04 Å². The number of aromatic nitrogens is 1. The van der Waals surface area contributed by atoms with Crippen molar-refractivity contribution < 1.29 is 0 Å². The number of rotatable bonds is 5. The summed E-state index contributed by atoms with van der Waals surface area (Å²) in [5.41, 5.74) is 2.79. The number of fused-ring (bicyclic) bond motifs is 1. The Labute approximate surface area is 131 Å². The van der Waals surface area contributed by atoms with Crippen LogP contribution in [0.2, 0.25) is 0 Å². The minimum absolute atomic E-state index is 0.383. The highest BCUT2D eigenvalue weighted by Crippen LogP contribution is 2.27. The zero-order chi connectivity index (χ0) is 14.7. The van der Waals surface area contributed by atoms with Crippen molar-refractivity contribution in [3.05, 3.63) is 45.8 Å². The minimum atomic E-state index is 0.383. The van der Waals surface area contributed by atoms with Gasteiger partial charge in [-0.1, -0.05) is 6.92 Å². The molecule has 0 saturated carbocycles. The van der Waals surface area contributed by atoms with Gasteiger partial charge in [0.15, 0.2) is 0 Å². The average Bonchev–Trinajstić information content (AvgIpc) is 3.00. The van der Waals surface area contributed by atoms with Crippen molar-refractivity contribution in [2.24, 2.45) is 0 Å². The van der Waals surface area contributed by atoms with Crippen LogP contribution in [0, 0.1) is 0 Å². The lowest BCUT2D eigenvalue weighted by Gasteiger charge is -2.28. The Kier molecular flexibility index (Phi) is 4.56. The molecule has 21 heavy (non-hydrogen) atoms. The van der Waals surface area contributed by atoms with E-state index in [0.717, 1.165) is 38.3 Å². The second-order valence-corrected chi connectivity index (χ2v) is 6.66. The average molecular weight is 301 g/mol. The molecule has 0 aromatic carbocycles. The maximum Gasteiger partial charge on any atom is 0.129 e. The predicted octanol–water partition coefficient (Wildman–Crippen LogP) is 3.77. The molecule has 0 spiro atoms. The molecule has 0 bridgehead atoms. The van der Waals surface area contributed by atoms with Crippen LogP contribution in [-0.2, 0) is 13.0 Å². The summed E-state index contributed by atoms with van der Waals surface area (Å²) in [6, 6.07) is 7.00. The summed E-state index contributed by atoms with van der Waals surface area (Å²) < 4.78 is 0. The molecule has 0 radical (unpaired) electrons. The summed E-state index contributed by atoms with van der Waals surface area (Å²) in [7, 11) is 0. The Morgan fingerprint density at radius 1 is 1.43 bits per heavy atom. The highest BCUT2D eigenvalue weighted by Gasteiger charge is 2.18. The molecule has 1 N–H and O–H groups in total. The molecule has 3 nitrogen and oxygen atoms in total. The summed E-state index contributed by atoms with van der Waals surface area (Å²) in [5.74, 6) is 1.11. The van der Waals surface area contributed by atoms with E-state index in [1.54, 1.807) is 4.88 Å². The van der Waals surface area contributed by atoms with Gasteiger partial charge in [0, 0.05) is 30.2 Å². The molecule has 0 saturated heterocycles. The van der Waals surface area contributed by atoms with Gasteiger partial charge in [0.25, 0.3) is 0 Å². The Hall–Kier alpha value is -1.39. The fraction of sp³-hybridized carbons (Fsp3) is 0.471. The van der Waals surface area contributed by atoms with Crippen molar-refractivity contribution in [2.75, 3.05) is 18.0 Å². The summed E-state index contributed by atoms with van der Waals surface area (Å²) in [4.78, 5) is 8.52. The molecule has 112 valence electrons. The van der Waals surface area contributed by atoms with Gasteiger partial charge in [0.1, 0.15) is 5.82 Å². The molecular formula is C17H23N3S. The van der Waals surface area contributed by atoms with E-state index in [4.69, 9.17) is 0 Å². The van der Waals surface area contributed by atoms with E-state index < -0.39 is 0 Å². The van der Waals surface area contributed by atoms with E-state index >= 15 is 0 Å². The van der Waals surface area contributed by atoms with Crippen LogP contribution in [0.1, 0.15) is 42.3 Å². The second-order valence-electron chi connectivity index (χ2n) is 5.66. The molecule has 1 aliphatic rings. The summed E-state index contributed by atoms with van der Waals surface area (Å²) in [6.45, 7) is 7.54. The summed E-state index contributed by atoms with van der Waals surface area (Å²) in [5, 5.41) is 5.75. The van der Waals surface area contributed by atoms with E-state index in [-0.39, 0.29) is 0 Å². The largest absolute Gasteiger partial charge is 0.352 e. The van der Waals surface area contributed by atoms with Crippen LogP contribution in [-0.4, -0.2) is 18.1 Å². The van der Waals surface area contributed by atoms with Gasteiger partial charge < -0.3 is 10.2 Å². The van der Waals surface area contributed by atoms with Gasteiger partial charge in [-0.05, 0) is 61.0 Å². The number of thiophene rings is 1. The first-order valence-electron chi connectivity index (χ1n) is 7.77. The van der Waals surface area contributed by atoms with Crippen molar-refractivity contribution in [3.8, 4) is 0 Å². The zero-order valence-corrected chi connectivity index (χ0v) is 13.6. The molecule has 0 aliphatic carbocycles. The number of nitrogens with zero attached hydrogens (tertiary/aromatic N) is 2. The van der Waals surface area contributed by atoms with Crippen LogP contribution in [0.5, 0.6) is 0 Å². The molecule has 4 heteroatoms. The highest BCUT2D eigenvalue weighted by molar-refractivity contribution is 7.10. The lowest BCUT2D eigenvalue weighted by molar-refractivity contribution is 0.569. The molecule has 1 atom stereocenters. The second kappa shape index (κ2) is 6.58. The minimum Gasteiger partial charge on any atom is -0.352 e. The van der Waals surface area contributed by atoms with Gasteiger partial charge >= 0.3 is 0 Å². The monoisotopic (exact) mass is 301 g/mol. The Morgan fingerprint density at radius 3 is 3.19 bits per heavy atom. The van der Waals surface area contributed by atoms with E-state index in [2.05, 4.69) is 52.6 Å². The molecule has 0 fully saturated rings. The van der Waals surface area contributed by atoms with Crippen LogP contribution in [0.15, 0.2) is 29.8 Å². The maximum absolute atomic E-state index is 4.58. The third-order valence-electron chi connectivity index (χ3n) is 4.10. The van der Waals surface area contributed by atoms with Crippen molar-refractivity contribution in [1.29, 1.82) is 0 Å².